The molecule has 3 rings (SSSR count). The number of hydrogen-bond donors (Lipinski definition) is 2. The van der Waals surface area contributed by atoms with E-state index >= 15 is 0 Å². The van der Waals surface area contributed by atoms with Crippen molar-refractivity contribution < 1.29 is 0 Å². The number of aromatic nitrogens is 2. The number of aryl methyl sites for hydroxylation is 2. The van der Waals surface area contributed by atoms with E-state index < -0.39 is 0 Å². The molecule has 0 aliphatic heterocycles. The minimum absolute atomic E-state index is 0.541. The molecule has 106 valence electrons. The van der Waals surface area contributed by atoms with Gasteiger partial charge < -0.3 is 10.3 Å². The smallest absolute Gasteiger partial charge is 0.0921 e. The number of benzene rings is 1. The third-order valence-electron chi connectivity index (χ3n) is 4.37. The summed E-state index contributed by atoms with van der Waals surface area (Å²) in [6, 6.07) is 7.50. The van der Waals surface area contributed by atoms with Crippen molar-refractivity contribution in [1.29, 1.82) is 0 Å². The molecule has 1 aromatic carbocycles. The highest BCUT2D eigenvalue weighted by atomic mass is 14.9. The van der Waals surface area contributed by atoms with Gasteiger partial charge in [-0.15, -0.1) is 0 Å². The van der Waals surface area contributed by atoms with Crippen molar-refractivity contribution in [2.24, 2.45) is 0 Å². The molecule has 20 heavy (non-hydrogen) atoms. The third kappa shape index (κ3) is 2.63. The summed E-state index contributed by atoms with van der Waals surface area (Å²) in [5, 5.41) is 3.67. The molecule has 0 amide bonds. The molecule has 2 unspecified atom stereocenters. The monoisotopic (exact) mass is 269 g/mol. The number of nitrogens with one attached hydrogen (secondary N) is 2. The predicted molar refractivity (Wildman–Crippen MR) is 82.0 cm³/mol. The summed E-state index contributed by atoms with van der Waals surface area (Å²) in [4.78, 5) is 7.40. The summed E-state index contributed by atoms with van der Waals surface area (Å²) < 4.78 is 0. The largest absolute Gasteiger partial charge is 0.348 e. The Morgan fingerprint density at radius 2 is 2.30 bits per heavy atom. The van der Waals surface area contributed by atoms with E-state index in [1.807, 2.05) is 6.20 Å². The Morgan fingerprint density at radius 3 is 3.05 bits per heavy atom. The van der Waals surface area contributed by atoms with Crippen molar-refractivity contribution in [1.82, 2.24) is 15.3 Å². The Morgan fingerprint density at radius 1 is 1.40 bits per heavy atom. The first kappa shape index (κ1) is 13.4. The lowest BCUT2D eigenvalue weighted by Crippen LogP contribution is -2.39. The topological polar surface area (TPSA) is 40.7 Å². The molecule has 2 atom stereocenters. The van der Waals surface area contributed by atoms with Gasteiger partial charge in [0.1, 0.15) is 0 Å². The molecule has 1 aromatic heterocycles. The zero-order valence-electron chi connectivity index (χ0n) is 12.3. The lowest BCUT2D eigenvalue weighted by molar-refractivity contribution is 0.390. The standard InChI is InChI=1S/C17H23N3/c1-3-19-17-7-5-13-8-12(2)4-6-15(13)16(17)9-14-10-18-11-20-14/h4,6,8,10-11,16-17,19H,3,5,7,9H2,1-2H3,(H,18,20). The molecule has 2 N–H and O–H groups in total. The van der Waals surface area contributed by atoms with E-state index in [-0.39, 0.29) is 0 Å². The molecule has 0 spiro atoms. The van der Waals surface area contributed by atoms with Crippen LogP contribution in [-0.4, -0.2) is 22.6 Å². The SMILES string of the molecule is CCNC1CCc2cc(C)ccc2C1Cc1cnc[nH]1. The maximum absolute atomic E-state index is 4.15. The molecule has 0 saturated heterocycles. The number of H-pyrrole nitrogens is 1. The first-order chi connectivity index (χ1) is 9.78. The molecular weight excluding hydrogens is 246 g/mol. The first-order valence-corrected chi connectivity index (χ1v) is 7.58. The quantitative estimate of drug-likeness (QED) is 0.896. The predicted octanol–water partition coefficient (Wildman–Crippen LogP) is 2.97. The van der Waals surface area contributed by atoms with Gasteiger partial charge in [0.25, 0.3) is 0 Å². The number of fused-ring (bicyclic) bond motifs is 1. The summed E-state index contributed by atoms with van der Waals surface area (Å²) >= 11 is 0. The van der Waals surface area contributed by atoms with Crippen molar-refractivity contribution in [2.45, 2.75) is 45.1 Å². The summed E-state index contributed by atoms with van der Waals surface area (Å²) in [7, 11) is 0. The van der Waals surface area contributed by atoms with Gasteiger partial charge in [-0.25, -0.2) is 4.98 Å². The molecule has 0 saturated carbocycles. The Hall–Kier alpha value is -1.61. The fourth-order valence-electron chi connectivity index (χ4n) is 3.43. The Balaban J connectivity index is 1.92. The number of nitrogens with zero attached hydrogens (tertiary/aromatic N) is 1. The average molecular weight is 269 g/mol. The van der Waals surface area contributed by atoms with Crippen LogP contribution in [0.4, 0.5) is 0 Å². The highest BCUT2D eigenvalue weighted by molar-refractivity contribution is 5.38. The van der Waals surface area contributed by atoms with E-state index in [9.17, 15) is 0 Å². The third-order valence-corrected chi connectivity index (χ3v) is 4.37. The van der Waals surface area contributed by atoms with Gasteiger partial charge in [-0.1, -0.05) is 30.7 Å². The van der Waals surface area contributed by atoms with Crippen molar-refractivity contribution >= 4 is 0 Å². The molecule has 0 fully saturated rings. The Labute approximate surface area is 120 Å². The number of likely N-dealkylation sites (N-methyl/N-ethyl adjacent to an activating group) is 1. The summed E-state index contributed by atoms with van der Waals surface area (Å²) in [5.41, 5.74) is 5.64. The second-order valence-corrected chi connectivity index (χ2v) is 5.79. The number of rotatable bonds is 4. The van der Waals surface area contributed by atoms with Crippen LogP contribution in [0.1, 0.15) is 41.6 Å². The fourth-order valence-corrected chi connectivity index (χ4v) is 3.43. The van der Waals surface area contributed by atoms with Crippen LogP contribution in [0.3, 0.4) is 0 Å². The van der Waals surface area contributed by atoms with Gasteiger partial charge in [-0.3, -0.25) is 0 Å². The maximum atomic E-state index is 4.15. The first-order valence-electron chi connectivity index (χ1n) is 7.58. The van der Waals surface area contributed by atoms with Crippen molar-refractivity contribution in [3.8, 4) is 0 Å². The molecule has 0 bridgehead atoms. The van der Waals surface area contributed by atoms with Crippen molar-refractivity contribution in [3.05, 3.63) is 53.1 Å². The summed E-state index contributed by atoms with van der Waals surface area (Å²) in [6.45, 7) is 5.41. The van der Waals surface area contributed by atoms with Crippen LogP contribution in [0.5, 0.6) is 0 Å². The molecule has 1 heterocycles. The molecule has 3 nitrogen and oxygen atoms in total. The highest BCUT2D eigenvalue weighted by Gasteiger charge is 2.29. The lowest BCUT2D eigenvalue weighted by Gasteiger charge is -2.34. The van der Waals surface area contributed by atoms with E-state index in [2.05, 4.69) is 47.3 Å². The van der Waals surface area contributed by atoms with E-state index in [4.69, 9.17) is 0 Å². The van der Waals surface area contributed by atoms with E-state index in [1.54, 1.807) is 6.33 Å². The summed E-state index contributed by atoms with van der Waals surface area (Å²) in [6.07, 6.45) is 7.17. The lowest BCUT2D eigenvalue weighted by atomic mass is 9.76. The Kier molecular flexibility index (Phi) is 3.88. The molecule has 1 aliphatic carbocycles. The minimum atomic E-state index is 0.541. The van der Waals surface area contributed by atoms with Crippen LogP contribution < -0.4 is 5.32 Å². The minimum Gasteiger partial charge on any atom is -0.348 e. The van der Waals surface area contributed by atoms with Crippen molar-refractivity contribution in [2.75, 3.05) is 6.54 Å². The van der Waals surface area contributed by atoms with Gasteiger partial charge >= 0.3 is 0 Å². The second kappa shape index (κ2) is 5.80. The number of imidazole rings is 1. The molecule has 3 heteroatoms. The van der Waals surface area contributed by atoms with Crippen LogP contribution in [0.15, 0.2) is 30.7 Å². The van der Waals surface area contributed by atoms with E-state index in [0.29, 0.717) is 12.0 Å². The molecule has 0 radical (unpaired) electrons. The molecule has 2 aromatic rings. The maximum Gasteiger partial charge on any atom is 0.0921 e. The van der Waals surface area contributed by atoms with Crippen LogP contribution in [0.2, 0.25) is 0 Å². The normalized spacial score (nSPS) is 21.7. The zero-order chi connectivity index (χ0) is 13.9. The van der Waals surface area contributed by atoms with Crippen LogP contribution >= 0.6 is 0 Å². The van der Waals surface area contributed by atoms with Crippen LogP contribution in [0, 0.1) is 6.92 Å². The van der Waals surface area contributed by atoms with Crippen molar-refractivity contribution in [3.63, 3.8) is 0 Å². The van der Waals surface area contributed by atoms with Gasteiger partial charge in [0.15, 0.2) is 0 Å². The second-order valence-electron chi connectivity index (χ2n) is 5.79. The van der Waals surface area contributed by atoms with Crippen LogP contribution in [-0.2, 0) is 12.8 Å². The van der Waals surface area contributed by atoms with Gasteiger partial charge in [0, 0.05) is 23.9 Å². The van der Waals surface area contributed by atoms with Crippen LogP contribution in [0.25, 0.3) is 0 Å². The Bertz CT molecular complexity index is 560. The number of hydrogen-bond acceptors (Lipinski definition) is 2. The zero-order valence-corrected chi connectivity index (χ0v) is 12.3. The molecular formula is C17H23N3. The van der Waals surface area contributed by atoms with E-state index in [0.717, 1.165) is 13.0 Å². The average Bonchev–Trinajstić information content (AvgIpc) is 2.94. The van der Waals surface area contributed by atoms with Gasteiger partial charge in [0.05, 0.1) is 6.33 Å². The highest BCUT2D eigenvalue weighted by Crippen LogP contribution is 2.34. The van der Waals surface area contributed by atoms with Gasteiger partial charge in [-0.2, -0.15) is 0 Å². The molecule has 1 aliphatic rings. The van der Waals surface area contributed by atoms with Gasteiger partial charge in [-0.05, 0) is 43.9 Å². The fraction of sp³-hybridized carbons (Fsp3) is 0.471. The van der Waals surface area contributed by atoms with E-state index in [1.165, 1.54) is 35.2 Å². The number of aromatic amines is 1. The summed E-state index contributed by atoms with van der Waals surface area (Å²) in [5.74, 6) is 0.541. The van der Waals surface area contributed by atoms with Gasteiger partial charge in [0.2, 0.25) is 0 Å².